The molecule has 3 aromatic carbocycles. The highest BCUT2D eigenvalue weighted by molar-refractivity contribution is 6.20. The number of fused-ring (bicyclic) bond motifs is 1. The third-order valence-electron chi connectivity index (χ3n) is 5.32. The molecule has 152 valence electrons. The van der Waals surface area contributed by atoms with E-state index in [-0.39, 0.29) is 17.1 Å². The van der Waals surface area contributed by atoms with Gasteiger partial charge in [-0.2, -0.15) is 0 Å². The standard InChI is InChI=1S/C25H17NO5/c27-18-11-6-8-16(13-18)22-21(23(28)20-14-15-7-4-5-12-19(15)31-20)24(29)25(30)26(22)17-9-2-1-3-10-17/h1-14,22,27,29H. The summed E-state index contributed by atoms with van der Waals surface area (Å²) in [6.45, 7) is 0. The van der Waals surface area contributed by atoms with Gasteiger partial charge >= 0.3 is 0 Å². The lowest BCUT2D eigenvalue weighted by molar-refractivity contribution is -0.117. The van der Waals surface area contributed by atoms with Gasteiger partial charge in [0.25, 0.3) is 5.91 Å². The van der Waals surface area contributed by atoms with Crippen molar-refractivity contribution in [3.63, 3.8) is 0 Å². The summed E-state index contributed by atoms with van der Waals surface area (Å²) in [5, 5.41) is 21.5. The van der Waals surface area contributed by atoms with Crippen molar-refractivity contribution >= 4 is 28.3 Å². The van der Waals surface area contributed by atoms with Crippen molar-refractivity contribution in [2.45, 2.75) is 6.04 Å². The number of phenolic OH excluding ortho intramolecular Hbond substituents is 1. The zero-order valence-electron chi connectivity index (χ0n) is 16.2. The first-order valence-electron chi connectivity index (χ1n) is 9.68. The van der Waals surface area contributed by atoms with Gasteiger partial charge in [-0.3, -0.25) is 14.5 Å². The summed E-state index contributed by atoms with van der Waals surface area (Å²) in [7, 11) is 0. The number of para-hydroxylation sites is 2. The van der Waals surface area contributed by atoms with E-state index in [9.17, 15) is 19.8 Å². The number of aliphatic hydroxyl groups excluding tert-OH is 1. The Balaban J connectivity index is 1.67. The lowest BCUT2D eigenvalue weighted by Crippen LogP contribution is -2.30. The molecule has 0 saturated carbocycles. The molecule has 0 spiro atoms. The van der Waals surface area contributed by atoms with Gasteiger partial charge in [0.15, 0.2) is 11.5 Å². The van der Waals surface area contributed by atoms with E-state index in [0.29, 0.717) is 16.8 Å². The molecular weight excluding hydrogens is 394 g/mol. The number of aliphatic hydroxyl groups is 1. The molecule has 2 heterocycles. The molecular formula is C25H17NO5. The maximum atomic E-state index is 13.5. The number of rotatable bonds is 4. The van der Waals surface area contributed by atoms with E-state index in [4.69, 9.17) is 4.42 Å². The summed E-state index contributed by atoms with van der Waals surface area (Å²) in [5.41, 5.74) is 1.43. The highest BCUT2D eigenvalue weighted by Gasteiger charge is 2.45. The molecule has 0 bridgehead atoms. The lowest BCUT2D eigenvalue weighted by atomic mass is 9.94. The van der Waals surface area contributed by atoms with Crippen molar-refractivity contribution in [3.05, 3.63) is 108 Å². The van der Waals surface area contributed by atoms with Crippen LogP contribution in [-0.2, 0) is 4.79 Å². The first-order chi connectivity index (χ1) is 15.0. The van der Waals surface area contributed by atoms with Crippen molar-refractivity contribution in [3.8, 4) is 5.75 Å². The second-order valence-electron chi connectivity index (χ2n) is 7.25. The number of furan rings is 1. The SMILES string of the molecule is O=C(C1=C(O)C(=O)N(c2ccccc2)C1c1cccc(O)c1)c1cc2ccccc2o1. The number of ketones is 1. The largest absolute Gasteiger partial charge is 0.508 e. The van der Waals surface area contributed by atoms with E-state index in [1.165, 1.54) is 17.0 Å². The van der Waals surface area contributed by atoms with Gasteiger partial charge in [0.1, 0.15) is 11.3 Å². The van der Waals surface area contributed by atoms with Crippen molar-refractivity contribution in [2.75, 3.05) is 4.90 Å². The number of nitrogens with zero attached hydrogens (tertiary/aromatic N) is 1. The Hall–Kier alpha value is -4.32. The topological polar surface area (TPSA) is 91.0 Å². The van der Waals surface area contributed by atoms with Crippen LogP contribution >= 0.6 is 0 Å². The molecule has 1 unspecified atom stereocenters. The van der Waals surface area contributed by atoms with Gasteiger partial charge in [-0.15, -0.1) is 0 Å². The van der Waals surface area contributed by atoms with Gasteiger partial charge < -0.3 is 14.6 Å². The summed E-state index contributed by atoms with van der Waals surface area (Å²) in [4.78, 5) is 27.9. The summed E-state index contributed by atoms with van der Waals surface area (Å²) >= 11 is 0. The molecule has 2 N–H and O–H groups in total. The van der Waals surface area contributed by atoms with Crippen LogP contribution in [0.2, 0.25) is 0 Å². The normalized spacial score (nSPS) is 16.3. The molecule has 6 nitrogen and oxygen atoms in total. The fourth-order valence-electron chi connectivity index (χ4n) is 3.93. The molecule has 0 saturated heterocycles. The van der Waals surface area contributed by atoms with Gasteiger partial charge in [-0.25, -0.2) is 0 Å². The molecule has 1 aliphatic heterocycles. The van der Waals surface area contributed by atoms with Crippen molar-refractivity contribution in [1.29, 1.82) is 0 Å². The highest BCUT2D eigenvalue weighted by Crippen LogP contribution is 2.42. The maximum absolute atomic E-state index is 13.5. The van der Waals surface area contributed by atoms with E-state index in [1.54, 1.807) is 60.7 Å². The summed E-state index contributed by atoms with van der Waals surface area (Å²) < 4.78 is 5.70. The minimum absolute atomic E-state index is 0.0140. The molecule has 31 heavy (non-hydrogen) atoms. The Kier molecular flexibility index (Phi) is 4.33. The first-order valence-corrected chi connectivity index (χ1v) is 9.68. The lowest BCUT2D eigenvalue weighted by Gasteiger charge is -2.26. The Morgan fingerprint density at radius 3 is 2.35 bits per heavy atom. The van der Waals surface area contributed by atoms with Crippen molar-refractivity contribution in [2.24, 2.45) is 0 Å². The van der Waals surface area contributed by atoms with Crippen LogP contribution in [0.3, 0.4) is 0 Å². The van der Waals surface area contributed by atoms with E-state index in [1.807, 2.05) is 12.1 Å². The van der Waals surface area contributed by atoms with E-state index >= 15 is 0 Å². The predicted molar refractivity (Wildman–Crippen MR) is 115 cm³/mol. The van der Waals surface area contributed by atoms with Crippen LogP contribution < -0.4 is 4.90 Å². The third-order valence-corrected chi connectivity index (χ3v) is 5.32. The minimum Gasteiger partial charge on any atom is -0.508 e. The molecule has 0 radical (unpaired) electrons. The average molecular weight is 411 g/mol. The number of carbonyl (C=O) groups is 2. The number of Topliss-reactive ketones (excluding diaryl/α,β-unsaturated/α-hetero) is 1. The number of phenols is 1. The summed E-state index contributed by atoms with van der Waals surface area (Å²) in [6, 6.07) is 22.9. The fourth-order valence-corrected chi connectivity index (χ4v) is 3.93. The van der Waals surface area contributed by atoms with Gasteiger partial charge in [0.05, 0.1) is 11.6 Å². The van der Waals surface area contributed by atoms with Crippen molar-refractivity contribution in [1.82, 2.24) is 0 Å². The minimum atomic E-state index is -0.928. The first kappa shape index (κ1) is 18.7. The van der Waals surface area contributed by atoms with Gasteiger partial charge in [0.2, 0.25) is 5.78 Å². The molecule has 1 atom stereocenters. The van der Waals surface area contributed by atoms with Crippen LogP contribution in [0.25, 0.3) is 11.0 Å². The fraction of sp³-hybridized carbons (Fsp3) is 0.0400. The molecule has 6 heteroatoms. The Morgan fingerprint density at radius 2 is 1.61 bits per heavy atom. The van der Waals surface area contributed by atoms with E-state index < -0.39 is 23.5 Å². The molecule has 1 aromatic heterocycles. The van der Waals surface area contributed by atoms with Gasteiger partial charge in [-0.1, -0.05) is 48.5 Å². The maximum Gasteiger partial charge on any atom is 0.294 e. The average Bonchev–Trinajstić information content (AvgIpc) is 3.33. The van der Waals surface area contributed by atoms with E-state index in [0.717, 1.165) is 5.39 Å². The monoisotopic (exact) mass is 411 g/mol. The Morgan fingerprint density at radius 1 is 0.871 bits per heavy atom. The van der Waals surface area contributed by atoms with Crippen molar-refractivity contribution < 1.29 is 24.2 Å². The highest BCUT2D eigenvalue weighted by atomic mass is 16.3. The smallest absolute Gasteiger partial charge is 0.294 e. The second-order valence-corrected chi connectivity index (χ2v) is 7.25. The molecule has 0 fully saturated rings. The zero-order chi connectivity index (χ0) is 21.5. The molecule has 5 rings (SSSR count). The molecule has 4 aromatic rings. The quantitative estimate of drug-likeness (QED) is 0.465. The van der Waals surface area contributed by atoms with E-state index in [2.05, 4.69) is 0 Å². The number of hydrogen-bond donors (Lipinski definition) is 2. The molecule has 1 aliphatic rings. The number of amides is 1. The third kappa shape index (κ3) is 3.05. The Bertz CT molecular complexity index is 1320. The van der Waals surface area contributed by atoms with Crippen LogP contribution in [0.4, 0.5) is 5.69 Å². The number of anilines is 1. The van der Waals surface area contributed by atoms with Gasteiger partial charge in [-0.05, 0) is 42.0 Å². The predicted octanol–water partition coefficient (Wildman–Crippen LogP) is 4.92. The Labute approximate surface area is 177 Å². The van der Waals surface area contributed by atoms with Crippen LogP contribution in [0.15, 0.2) is 101 Å². The summed E-state index contributed by atoms with van der Waals surface area (Å²) in [6.07, 6.45) is 0. The van der Waals surface area contributed by atoms with Crippen LogP contribution in [0.5, 0.6) is 5.75 Å². The number of aromatic hydroxyl groups is 1. The zero-order valence-corrected chi connectivity index (χ0v) is 16.2. The molecule has 1 amide bonds. The summed E-state index contributed by atoms with van der Waals surface area (Å²) in [5.74, 6) is -1.91. The van der Waals surface area contributed by atoms with Crippen LogP contribution in [-0.4, -0.2) is 21.9 Å². The second kappa shape index (κ2) is 7.18. The number of benzene rings is 3. The number of hydrogen-bond acceptors (Lipinski definition) is 5. The van der Waals surface area contributed by atoms with Crippen LogP contribution in [0.1, 0.15) is 22.2 Å². The van der Waals surface area contributed by atoms with Crippen LogP contribution in [0, 0.1) is 0 Å². The molecule has 0 aliphatic carbocycles. The van der Waals surface area contributed by atoms with Gasteiger partial charge in [0, 0.05) is 11.1 Å². The number of carbonyl (C=O) groups excluding carboxylic acids is 2.